The maximum absolute atomic E-state index is 12.7. The lowest BCUT2D eigenvalue weighted by atomic mass is 9.89. The first kappa shape index (κ1) is 21.7. The topological polar surface area (TPSA) is 66.5 Å². The van der Waals surface area contributed by atoms with Crippen molar-refractivity contribution in [1.29, 1.82) is 0 Å². The van der Waals surface area contributed by atoms with Gasteiger partial charge >= 0.3 is 0 Å². The fourth-order valence-corrected chi connectivity index (χ4v) is 4.75. The number of carbonyl (C=O) groups excluding carboxylic acids is 1. The van der Waals surface area contributed by atoms with Crippen molar-refractivity contribution in [2.75, 3.05) is 17.1 Å². The van der Waals surface area contributed by atoms with Crippen LogP contribution in [0.15, 0.2) is 42.5 Å². The molecule has 2 aromatic carbocycles. The fraction of sp³-hybridized carbons (Fsp3) is 0.409. The van der Waals surface area contributed by atoms with E-state index >= 15 is 0 Å². The molecule has 2 aromatic rings. The molecule has 1 aliphatic carbocycles. The lowest BCUT2D eigenvalue weighted by molar-refractivity contribution is -0.120. The summed E-state index contributed by atoms with van der Waals surface area (Å²) in [4.78, 5) is 12.7. The van der Waals surface area contributed by atoms with Gasteiger partial charge in [0.1, 0.15) is 6.54 Å². The molecule has 0 radical (unpaired) electrons. The van der Waals surface area contributed by atoms with E-state index in [1.54, 1.807) is 24.3 Å². The number of nitrogens with one attached hydrogen (secondary N) is 1. The van der Waals surface area contributed by atoms with Crippen molar-refractivity contribution < 1.29 is 13.2 Å². The van der Waals surface area contributed by atoms with Crippen molar-refractivity contribution >= 4 is 33.2 Å². The highest BCUT2D eigenvalue weighted by Crippen LogP contribution is 2.26. The Morgan fingerprint density at radius 3 is 2.38 bits per heavy atom. The van der Waals surface area contributed by atoms with Gasteiger partial charge in [0.15, 0.2) is 0 Å². The van der Waals surface area contributed by atoms with Crippen molar-refractivity contribution in [2.24, 2.45) is 0 Å². The van der Waals surface area contributed by atoms with E-state index in [2.05, 4.69) is 23.5 Å². The molecule has 0 bridgehead atoms. The quantitative estimate of drug-likeness (QED) is 0.708. The summed E-state index contributed by atoms with van der Waals surface area (Å²) in [6.45, 7) is 1.74. The average molecular weight is 435 g/mol. The van der Waals surface area contributed by atoms with Crippen molar-refractivity contribution in [3.05, 3.63) is 64.2 Å². The molecule has 1 aliphatic rings. The molecular weight excluding hydrogens is 408 g/mol. The summed E-state index contributed by atoms with van der Waals surface area (Å²) < 4.78 is 25.6. The van der Waals surface area contributed by atoms with Crippen LogP contribution in [0.2, 0.25) is 5.02 Å². The second-order valence-corrected chi connectivity index (χ2v) is 9.85. The van der Waals surface area contributed by atoms with Crippen molar-refractivity contribution in [3.63, 3.8) is 0 Å². The van der Waals surface area contributed by atoms with Crippen LogP contribution >= 0.6 is 11.6 Å². The summed E-state index contributed by atoms with van der Waals surface area (Å²) >= 11 is 5.89. The summed E-state index contributed by atoms with van der Waals surface area (Å²) in [5.74, 6) is -0.338. The average Bonchev–Trinajstić information content (AvgIpc) is 2.70. The predicted octanol–water partition coefficient (Wildman–Crippen LogP) is 4.25. The third kappa shape index (κ3) is 5.52. The molecule has 1 N–H and O–H groups in total. The van der Waals surface area contributed by atoms with Gasteiger partial charge in [0, 0.05) is 5.02 Å². The molecule has 0 aromatic heterocycles. The van der Waals surface area contributed by atoms with E-state index in [0.29, 0.717) is 10.7 Å². The van der Waals surface area contributed by atoms with Gasteiger partial charge in [-0.05, 0) is 73.1 Å². The molecule has 0 saturated carbocycles. The highest BCUT2D eigenvalue weighted by Gasteiger charge is 2.23. The van der Waals surface area contributed by atoms with Gasteiger partial charge in [-0.15, -0.1) is 0 Å². The van der Waals surface area contributed by atoms with Crippen LogP contribution in [-0.4, -0.2) is 27.1 Å². The molecule has 5 nitrogen and oxygen atoms in total. The molecule has 1 amide bonds. The minimum atomic E-state index is -3.62. The highest BCUT2D eigenvalue weighted by atomic mass is 35.5. The van der Waals surface area contributed by atoms with Gasteiger partial charge in [0.25, 0.3) is 0 Å². The van der Waals surface area contributed by atoms with Crippen LogP contribution in [0.25, 0.3) is 0 Å². The van der Waals surface area contributed by atoms with Crippen LogP contribution in [0.4, 0.5) is 5.69 Å². The summed E-state index contributed by atoms with van der Waals surface area (Å²) in [6, 6.07) is 12.7. The molecule has 0 heterocycles. The SMILES string of the molecule is CCC(NC(=O)CN(c1ccc(Cl)cc1)S(C)(=O)=O)c1ccc2c(c1)CCCC2. The summed E-state index contributed by atoms with van der Waals surface area (Å²) in [5, 5.41) is 3.51. The Morgan fingerprint density at radius 1 is 1.10 bits per heavy atom. The van der Waals surface area contributed by atoms with Gasteiger partial charge in [-0.25, -0.2) is 8.42 Å². The van der Waals surface area contributed by atoms with E-state index in [9.17, 15) is 13.2 Å². The van der Waals surface area contributed by atoms with Crippen LogP contribution < -0.4 is 9.62 Å². The van der Waals surface area contributed by atoms with E-state index < -0.39 is 10.0 Å². The number of amides is 1. The smallest absolute Gasteiger partial charge is 0.241 e. The molecule has 3 rings (SSSR count). The van der Waals surface area contributed by atoms with E-state index in [0.717, 1.165) is 35.4 Å². The second kappa shape index (κ2) is 9.18. The molecule has 0 aliphatic heterocycles. The highest BCUT2D eigenvalue weighted by molar-refractivity contribution is 7.92. The van der Waals surface area contributed by atoms with E-state index in [1.807, 2.05) is 6.92 Å². The Bertz CT molecular complexity index is 974. The van der Waals surface area contributed by atoms with Gasteiger partial charge < -0.3 is 5.32 Å². The second-order valence-electron chi connectivity index (χ2n) is 7.51. The molecule has 1 unspecified atom stereocenters. The third-order valence-electron chi connectivity index (χ3n) is 5.32. The Labute approximate surface area is 178 Å². The van der Waals surface area contributed by atoms with Gasteiger partial charge in [0.05, 0.1) is 18.0 Å². The van der Waals surface area contributed by atoms with Crippen LogP contribution in [0.5, 0.6) is 0 Å². The molecule has 7 heteroatoms. The van der Waals surface area contributed by atoms with Crippen molar-refractivity contribution in [3.8, 4) is 0 Å². The number of rotatable bonds is 7. The Kier molecular flexibility index (Phi) is 6.85. The first-order valence-electron chi connectivity index (χ1n) is 9.92. The van der Waals surface area contributed by atoms with Crippen LogP contribution in [0, 0.1) is 0 Å². The molecule has 29 heavy (non-hydrogen) atoms. The maximum Gasteiger partial charge on any atom is 0.241 e. The largest absolute Gasteiger partial charge is 0.348 e. The molecular formula is C22H27ClN2O3S. The lowest BCUT2D eigenvalue weighted by Gasteiger charge is -2.25. The standard InChI is InChI=1S/C22H27ClN2O3S/c1-3-21(18-9-8-16-6-4-5-7-17(16)14-18)24-22(26)15-25(29(2,27)28)20-12-10-19(23)11-13-20/h8-14,21H,3-7,15H2,1-2H3,(H,24,26). The third-order valence-corrected chi connectivity index (χ3v) is 6.71. The zero-order valence-corrected chi connectivity index (χ0v) is 18.4. The number of benzene rings is 2. The maximum atomic E-state index is 12.7. The van der Waals surface area contributed by atoms with Crippen LogP contribution in [0.3, 0.4) is 0 Å². The zero-order valence-electron chi connectivity index (χ0n) is 16.8. The number of aryl methyl sites for hydroxylation is 2. The van der Waals surface area contributed by atoms with Crippen LogP contribution in [-0.2, 0) is 27.7 Å². The van der Waals surface area contributed by atoms with Crippen molar-refractivity contribution in [1.82, 2.24) is 5.32 Å². The van der Waals surface area contributed by atoms with Gasteiger partial charge in [-0.3, -0.25) is 9.10 Å². The van der Waals surface area contributed by atoms with Gasteiger partial charge in [0.2, 0.25) is 15.9 Å². The normalized spacial score (nSPS) is 14.7. The number of carbonyl (C=O) groups is 1. The number of halogens is 1. The Morgan fingerprint density at radius 2 is 1.76 bits per heavy atom. The minimum absolute atomic E-state index is 0.152. The monoisotopic (exact) mass is 434 g/mol. The first-order chi connectivity index (χ1) is 13.8. The Hall–Kier alpha value is -2.05. The lowest BCUT2D eigenvalue weighted by Crippen LogP contribution is -2.41. The van der Waals surface area contributed by atoms with Crippen molar-refractivity contribution in [2.45, 2.75) is 45.1 Å². The summed E-state index contributed by atoms with van der Waals surface area (Å²) in [6.07, 6.45) is 6.44. The summed E-state index contributed by atoms with van der Waals surface area (Å²) in [5.41, 5.74) is 4.24. The number of nitrogens with zero attached hydrogens (tertiary/aromatic N) is 1. The fourth-order valence-electron chi connectivity index (χ4n) is 3.77. The predicted molar refractivity (Wildman–Crippen MR) is 118 cm³/mol. The zero-order chi connectivity index (χ0) is 21.0. The van der Waals surface area contributed by atoms with E-state index in [-0.39, 0.29) is 18.5 Å². The number of sulfonamides is 1. The first-order valence-corrected chi connectivity index (χ1v) is 12.1. The van der Waals surface area contributed by atoms with Gasteiger partial charge in [-0.2, -0.15) is 0 Å². The van der Waals surface area contributed by atoms with Crippen LogP contribution in [0.1, 0.15) is 48.9 Å². The molecule has 156 valence electrons. The number of hydrogen-bond donors (Lipinski definition) is 1. The van der Waals surface area contributed by atoms with Gasteiger partial charge in [-0.1, -0.05) is 36.7 Å². The molecule has 0 saturated heterocycles. The number of hydrogen-bond acceptors (Lipinski definition) is 3. The molecule has 0 spiro atoms. The number of anilines is 1. The van der Waals surface area contributed by atoms with E-state index in [4.69, 9.17) is 11.6 Å². The molecule has 1 atom stereocenters. The summed E-state index contributed by atoms with van der Waals surface area (Å²) in [7, 11) is -3.62. The van der Waals surface area contributed by atoms with E-state index in [1.165, 1.54) is 24.0 Å². The molecule has 0 fully saturated rings. The Balaban J connectivity index is 1.75. The minimum Gasteiger partial charge on any atom is -0.348 e. The number of fused-ring (bicyclic) bond motifs is 1.